The van der Waals surface area contributed by atoms with Crippen LogP contribution in [0.1, 0.15) is 11.1 Å². The van der Waals surface area contributed by atoms with Crippen molar-refractivity contribution in [1.82, 2.24) is 0 Å². The molecule has 0 aliphatic heterocycles. The lowest BCUT2D eigenvalue weighted by Gasteiger charge is -2.14. The molecule has 110 valence electrons. The van der Waals surface area contributed by atoms with E-state index in [9.17, 15) is 22.4 Å². The van der Waals surface area contributed by atoms with Crippen molar-refractivity contribution in [3.63, 3.8) is 0 Å². The smallest absolute Gasteiger partial charge is 0.416 e. The Balaban J connectivity index is 2.57. The van der Waals surface area contributed by atoms with E-state index in [1.165, 1.54) is 24.3 Å². The first-order valence-electron chi connectivity index (χ1n) is 5.96. The molecule has 0 heterocycles. The average Bonchev–Trinajstić information content (AvgIpc) is 2.38. The number of carbonyl (C=O) groups is 1. The molecule has 0 bridgehead atoms. The lowest BCUT2D eigenvalue weighted by atomic mass is 9.97. The molecule has 0 aliphatic rings. The van der Waals surface area contributed by atoms with Crippen molar-refractivity contribution in [3.05, 3.63) is 59.4 Å². The van der Waals surface area contributed by atoms with E-state index >= 15 is 0 Å². The molecule has 21 heavy (non-hydrogen) atoms. The minimum Gasteiger partial charge on any atom is -0.481 e. The van der Waals surface area contributed by atoms with Gasteiger partial charge in [-0.25, -0.2) is 4.39 Å². The third-order valence-electron chi connectivity index (χ3n) is 2.94. The van der Waals surface area contributed by atoms with Gasteiger partial charge in [0.15, 0.2) is 0 Å². The summed E-state index contributed by atoms with van der Waals surface area (Å²) in [4.78, 5) is 10.6. The van der Waals surface area contributed by atoms with E-state index in [0.29, 0.717) is 0 Å². The number of rotatable bonds is 3. The van der Waals surface area contributed by atoms with Gasteiger partial charge in [0.2, 0.25) is 0 Å². The van der Waals surface area contributed by atoms with Crippen LogP contribution in [0.4, 0.5) is 17.6 Å². The molecule has 0 spiro atoms. The van der Waals surface area contributed by atoms with Crippen molar-refractivity contribution in [1.29, 1.82) is 0 Å². The van der Waals surface area contributed by atoms with Crippen molar-refractivity contribution in [2.75, 3.05) is 0 Å². The van der Waals surface area contributed by atoms with E-state index in [2.05, 4.69) is 0 Å². The first-order chi connectivity index (χ1) is 9.79. The molecular weight excluding hydrogens is 288 g/mol. The maximum absolute atomic E-state index is 13.6. The number of hydrogen-bond donors (Lipinski definition) is 1. The van der Waals surface area contributed by atoms with Gasteiger partial charge in [-0.1, -0.05) is 30.3 Å². The largest absolute Gasteiger partial charge is 0.481 e. The van der Waals surface area contributed by atoms with Crippen LogP contribution in [0.5, 0.6) is 0 Å². The summed E-state index contributed by atoms with van der Waals surface area (Å²) >= 11 is 0. The molecule has 0 saturated carbocycles. The van der Waals surface area contributed by atoms with Crippen LogP contribution in [-0.4, -0.2) is 11.1 Å². The highest BCUT2D eigenvalue weighted by Gasteiger charge is 2.34. The van der Waals surface area contributed by atoms with Crippen molar-refractivity contribution in [3.8, 4) is 11.1 Å². The molecule has 2 rings (SSSR count). The van der Waals surface area contributed by atoms with Gasteiger partial charge >= 0.3 is 12.1 Å². The zero-order chi connectivity index (χ0) is 15.6. The zero-order valence-corrected chi connectivity index (χ0v) is 10.6. The van der Waals surface area contributed by atoms with Crippen molar-refractivity contribution >= 4 is 5.97 Å². The molecule has 2 aromatic carbocycles. The molecule has 1 N–H and O–H groups in total. The predicted octanol–water partition coefficient (Wildman–Crippen LogP) is 4.14. The molecule has 0 aromatic heterocycles. The summed E-state index contributed by atoms with van der Waals surface area (Å²) in [6, 6.07) is 8.58. The third-order valence-corrected chi connectivity index (χ3v) is 2.94. The molecular formula is C15H10F4O2. The number of carboxylic acid groups (broad SMARTS) is 1. The van der Waals surface area contributed by atoms with Crippen LogP contribution in [0.25, 0.3) is 11.1 Å². The Morgan fingerprint density at radius 1 is 1.10 bits per heavy atom. The monoisotopic (exact) mass is 298 g/mol. The van der Waals surface area contributed by atoms with E-state index in [1.54, 1.807) is 0 Å². The van der Waals surface area contributed by atoms with Crippen LogP contribution in [0.3, 0.4) is 0 Å². The van der Waals surface area contributed by atoms with Gasteiger partial charge in [0.25, 0.3) is 0 Å². The van der Waals surface area contributed by atoms with Crippen LogP contribution in [0, 0.1) is 5.82 Å². The number of hydrogen-bond acceptors (Lipinski definition) is 1. The maximum Gasteiger partial charge on any atom is 0.416 e. The molecule has 0 saturated heterocycles. The average molecular weight is 298 g/mol. The highest BCUT2D eigenvalue weighted by molar-refractivity contribution is 5.72. The summed E-state index contributed by atoms with van der Waals surface area (Å²) in [6.45, 7) is 0. The Morgan fingerprint density at radius 2 is 1.76 bits per heavy atom. The van der Waals surface area contributed by atoms with Crippen LogP contribution in [0.15, 0.2) is 42.5 Å². The zero-order valence-electron chi connectivity index (χ0n) is 10.6. The lowest BCUT2D eigenvalue weighted by molar-refractivity contribution is -0.139. The normalized spacial score (nSPS) is 11.4. The van der Waals surface area contributed by atoms with E-state index < -0.39 is 29.9 Å². The van der Waals surface area contributed by atoms with Crippen LogP contribution in [-0.2, 0) is 17.4 Å². The molecule has 0 unspecified atom stereocenters. The van der Waals surface area contributed by atoms with Gasteiger partial charge in [0, 0.05) is 5.56 Å². The highest BCUT2D eigenvalue weighted by Crippen LogP contribution is 2.35. The lowest BCUT2D eigenvalue weighted by Crippen LogP contribution is -2.12. The molecule has 0 fully saturated rings. The van der Waals surface area contributed by atoms with Gasteiger partial charge in [0.05, 0.1) is 12.0 Å². The van der Waals surface area contributed by atoms with E-state index in [0.717, 1.165) is 18.2 Å². The SMILES string of the molecule is O=C(O)Cc1ccc(-c2ccccc2F)cc1C(F)(F)F. The van der Waals surface area contributed by atoms with Gasteiger partial charge in [-0.2, -0.15) is 13.2 Å². The first-order valence-corrected chi connectivity index (χ1v) is 5.96. The molecule has 0 amide bonds. The van der Waals surface area contributed by atoms with Crippen molar-refractivity contribution in [2.24, 2.45) is 0 Å². The summed E-state index contributed by atoms with van der Waals surface area (Å²) in [5, 5.41) is 8.66. The fraction of sp³-hybridized carbons (Fsp3) is 0.133. The number of aliphatic carboxylic acids is 1. The van der Waals surface area contributed by atoms with Gasteiger partial charge in [-0.05, 0) is 23.3 Å². The van der Waals surface area contributed by atoms with Gasteiger partial charge < -0.3 is 5.11 Å². The number of benzene rings is 2. The maximum atomic E-state index is 13.6. The molecule has 2 nitrogen and oxygen atoms in total. The number of halogens is 4. The van der Waals surface area contributed by atoms with Crippen LogP contribution in [0.2, 0.25) is 0 Å². The van der Waals surface area contributed by atoms with Crippen LogP contribution >= 0.6 is 0 Å². The fourth-order valence-electron chi connectivity index (χ4n) is 2.02. The summed E-state index contributed by atoms with van der Waals surface area (Å²) < 4.78 is 52.7. The van der Waals surface area contributed by atoms with Gasteiger partial charge in [-0.15, -0.1) is 0 Å². The molecule has 0 atom stereocenters. The first kappa shape index (κ1) is 15.0. The highest BCUT2D eigenvalue weighted by atomic mass is 19.4. The summed E-state index contributed by atoms with van der Waals surface area (Å²) in [5.41, 5.74) is -1.33. The molecule has 2 aromatic rings. The molecule has 6 heteroatoms. The van der Waals surface area contributed by atoms with E-state index in [1.807, 2.05) is 0 Å². The Bertz CT molecular complexity index is 678. The quantitative estimate of drug-likeness (QED) is 0.865. The Hall–Kier alpha value is -2.37. The Labute approximate surface area is 117 Å². The summed E-state index contributed by atoms with van der Waals surface area (Å²) in [6.07, 6.45) is -5.45. The third kappa shape index (κ3) is 3.39. The van der Waals surface area contributed by atoms with Gasteiger partial charge in [-0.3, -0.25) is 4.79 Å². The van der Waals surface area contributed by atoms with Crippen molar-refractivity contribution < 1.29 is 27.5 Å². The Kier molecular flexibility index (Phi) is 3.97. The second-order valence-electron chi connectivity index (χ2n) is 4.42. The second-order valence-corrected chi connectivity index (χ2v) is 4.42. The van der Waals surface area contributed by atoms with Crippen LogP contribution < -0.4 is 0 Å². The minimum atomic E-state index is -4.70. The number of alkyl halides is 3. The summed E-state index contributed by atoms with van der Waals surface area (Å²) in [7, 11) is 0. The number of carboxylic acids is 1. The minimum absolute atomic E-state index is 0.0323. The standard InChI is InChI=1S/C15H10F4O2/c16-13-4-2-1-3-11(13)9-5-6-10(8-14(20)21)12(7-9)15(17,18)19/h1-7H,8H2,(H,20,21). The van der Waals surface area contributed by atoms with Crippen molar-refractivity contribution in [2.45, 2.75) is 12.6 Å². The molecule has 0 radical (unpaired) electrons. The summed E-state index contributed by atoms with van der Waals surface area (Å²) in [5.74, 6) is -2.00. The Morgan fingerprint density at radius 3 is 2.33 bits per heavy atom. The predicted molar refractivity (Wildman–Crippen MR) is 68.2 cm³/mol. The molecule has 0 aliphatic carbocycles. The van der Waals surface area contributed by atoms with E-state index in [4.69, 9.17) is 5.11 Å². The second kappa shape index (κ2) is 5.55. The van der Waals surface area contributed by atoms with Gasteiger partial charge in [0.1, 0.15) is 5.82 Å². The topological polar surface area (TPSA) is 37.3 Å². The fourth-order valence-corrected chi connectivity index (χ4v) is 2.02. The van der Waals surface area contributed by atoms with E-state index in [-0.39, 0.29) is 16.7 Å².